The van der Waals surface area contributed by atoms with Gasteiger partial charge < -0.3 is 5.73 Å². The Balaban J connectivity index is 3.21. The fraction of sp³-hybridized carbons (Fsp3) is 0.222. The summed E-state index contributed by atoms with van der Waals surface area (Å²) in [5, 5.41) is 0. The van der Waals surface area contributed by atoms with Crippen LogP contribution >= 0.6 is 15.9 Å². The molecular formula is C9H8BrF2NO. The summed E-state index contributed by atoms with van der Waals surface area (Å²) < 4.78 is 26.9. The topological polar surface area (TPSA) is 43.1 Å². The molecule has 0 atom stereocenters. The second-order valence-corrected chi connectivity index (χ2v) is 3.76. The zero-order chi connectivity index (χ0) is 10.9. The van der Waals surface area contributed by atoms with E-state index in [0.29, 0.717) is 10.0 Å². The number of hydrogen-bond donors (Lipinski definition) is 1. The molecule has 0 radical (unpaired) electrons. The highest BCUT2D eigenvalue weighted by Gasteiger charge is 2.38. The maximum absolute atomic E-state index is 13.1. The molecule has 0 heterocycles. The Morgan fingerprint density at radius 2 is 2.07 bits per heavy atom. The molecule has 0 fully saturated rings. The molecule has 1 rings (SSSR count). The van der Waals surface area contributed by atoms with Crippen LogP contribution in [-0.2, 0) is 10.7 Å². The molecular weight excluding hydrogens is 256 g/mol. The highest BCUT2D eigenvalue weighted by atomic mass is 79.9. The minimum Gasteiger partial charge on any atom is -0.364 e. The fourth-order valence-corrected chi connectivity index (χ4v) is 1.23. The van der Waals surface area contributed by atoms with Crippen LogP contribution in [-0.4, -0.2) is 5.91 Å². The second kappa shape index (κ2) is 3.65. The van der Waals surface area contributed by atoms with Crippen molar-refractivity contribution in [3.63, 3.8) is 0 Å². The lowest BCUT2D eigenvalue weighted by atomic mass is 10.1. The Bertz CT molecular complexity index is 379. The second-order valence-electron chi connectivity index (χ2n) is 2.90. The summed E-state index contributed by atoms with van der Waals surface area (Å²) in [7, 11) is 0. The van der Waals surface area contributed by atoms with E-state index in [1.165, 1.54) is 18.2 Å². The van der Waals surface area contributed by atoms with Gasteiger partial charge in [-0.1, -0.05) is 22.0 Å². The number of alkyl halides is 2. The van der Waals surface area contributed by atoms with Crippen molar-refractivity contribution in [3.05, 3.63) is 33.8 Å². The highest BCUT2D eigenvalue weighted by Crippen LogP contribution is 2.30. The summed E-state index contributed by atoms with van der Waals surface area (Å²) in [5.74, 6) is -5.25. The van der Waals surface area contributed by atoms with Crippen LogP contribution < -0.4 is 5.73 Å². The number of amides is 1. The van der Waals surface area contributed by atoms with E-state index in [2.05, 4.69) is 21.7 Å². The summed E-state index contributed by atoms with van der Waals surface area (Å²) >= 11 is 3.17. The van der Waals surface area contributed by atoms with E-state index in [9.17, 15) is 13.6 Å². The fourth-order valence-electron chi connectivity index (χ4n) is 0.982. The Labute approximate surface area is 88.2 Å². The summed E-state index contributed by atoms with van der Waals surface area (Å²) in [4.78, 5) is 10.5. The van der Waals surface area contributed by atoms with Crippen molar-refractivity contribution in [3.8, 4) is 0 Å². The predicted octanol–water partition coefficient (Wildman–Crippen LogP) is 2.33. The number of aryl methyl sites for hydroxylation is 1. The number of primary amides is 1. The smallest absolute Gasteiger partial charge is 0.349 e. The van der Waals surface area contributed by atoms with Crippen LogP contribution in [0.3, 0.4) is 0 Å². The van der Waals surface area contributed by atoms with E-state index < -0.39 is 11.8 Å². The molecule has 0 aliphatic carbocycles. The van der Waals surface area contributed by atoms with Gasteiger partial charge in [0.2, 0.25) is 0 Å². The number of benzene rings is 1. The first-order valence-corrected chi connectivity index (χ1v) is 4.59. The Morgan fingerprint density at radius 3 is 2.50 bits per heavy atom. The minimum absolute atomic E-state index is 0.384. The number of carbonyl (C=O) groups is 1. The third-order valence-electron chi connectivity index (χ3n) is 1.83. The Kier molecular flexibility index (Phi) is 2.89. The van der Waals surface area contributed by atoms with Crippen LogP contribution in [0.15, 0.2) is 22.7 Å². The highest BCUT2D eigenvalue weighted by molar-refractivity contribution is 9.10. The first-order valence-electron chi connectivity index (χ1n) is 3.80. The van der Waals surface area contributed by atoms with Gasteiger partial charge in [0, 0.05) is 10.0 Å². The third-order valence-corrected chi connectivity index (χ3v) is 2.72. The van der Waals surface area contributed by atoms with Crippen molar-refractivity contribution in [2.45, 2.75) is 12.8 Å². The van der Waals surface area contributed by atoms with Gasteiger partial charge in [0.05, 0.1) is 0 Å². The van der Waals surface area contributed by atoms with Gasteiger partial charge in [-0.3, -0.25) is 4.79 Å². The van der Waals surface area contributed by atoms with Crippen LogP contribution in [0.2, 0.25) is 0 Å². The van der Waals surface area contributed by atoms with Gasteiger partial charge >= 0.3 is 5.92 Å². The summed E-state index contributed by atoms with van der Waals surface area (Å²) in [6.07, 6.45) is 0. The molecule has 0 aromatic heterocycles. The lowest BCUT2D eigenvalue weighted by Gasteiger charge is -2.13. The molecule has 1 aromatic carbocycles. The Morgan fingerprint density at radius 1 is 1.50 bits per heavy atom. The molecule has 0 unspecified atom stereocenters. The number of rotatable bonds is 2. The number of carbonyl (C=O) groups excluding carboxylic acids is 1. The normalized spacial score (nSPS) is 11.4. The van der Waals surface area contributed by atoms with Crippen LogP contribution in [0.1, 0.15) is 11.1 Å². The lowest BCUT2D eigenvalue weighted by Crippen LogP contribution is -2.32. The van der Waals surface area contributed by atoms with Crippen molar-refractivity contribution < 1.29 is 13.6 Å². The number of hydrogen-bond acceptors (Lipinski definition) is 1. The largest absolute Gasteiger partial charge is 0.364 e. The molecule has 0 aliphatic heterocycles. The zero-order valence-electron chi connectivity index (χ0n) is 7.35. The number of nitrogens with two attached hydrogens (primary N) is 1. The molecule has 0 saturated heterocycles. The van der Waals surface area contributed by atoms with E-state index in [-0.39, 0.29) is 5.56 Å². The molecule has 76 valence electrons. The van der Waals surface area contributed by atoms with Gasteiger partial charge in [-0.25, -0.2) is 0 Å². The molecule has 1 amide bonds. The van der Waals surface area contributed by atoms with Crippen molar-refractivity contribution in [2.75, 3.05) is 0 Å². The van der Waals surface area contributed by atoms with E-state index in [1.807, 2.05) is 0 Å². The number of halogens is 3. The monoisotopic (exact) mass is 263 g/mol. The molecule has 2 N–H and O–H groups in total. The maximum atomic E-state index is 13.1. The average molecular weight is 264 g/mol. The maximum Gasteiger partial charge on any atom is 0.349 e. The lowest BCUT2D eigenvalue weighted by molar-refractivity contribution is -0.143. The molecule has 0 saturated carbocycles. The van der Waals surface area contributed by atoms with E-state index in [4.69, 9.17) is 0 Å². The molecule has 0 spiro atoms. The van der Waals surface area contributed by atoms with Crippen LogP contribution in [0.4, 0.5) is 8.78 Å². The van der Waals surface area contributed by atoms with Crippen molar-refractivity contribution >= 4 is 21.8 Å². The van der Waals surface area contributed by atoms with E-state index in [1.54, 1.807) is 6.92 Å². The molecule has 5 heteroatoms. The quantitative estimate of drug-likeness (QED) is 0.875. The van der Waals surface area contributed by atoms with Gasteiger partial charge in [0.25, 0.3) is 5.91 Å². The van der Waals surface area contributed by atoms with Gasteiger partial charge in [-0.05, 0) is 24.6 Å². The predicted molar refractivity (Wildman–Crippen MR) is 52.0 cm³/mol. The first kappa shape index (κ1) is 11.1. The van der Waals surface area contributed by atoms with Crippen LogP contribution in [0.25, 0.3) is 0 Å². The summed E-state index contributed by atoms with van der Waals surface area (Å²) in [5.41, 5.74) is 4.83. The third kappa shape index (κ3) is 1.92. The van der Waals surface area contributed by atoms with E-state index in [0.717, 1.165) is 0 Å². The van der Waals surface area contributed by atoms with Crippen LogP contribution in [0, 0.1) is 6.92 Å². The summed E-state index contributed by atoms with van der Waals surface area (Å²) in [6.45, 7) is 1.66. The van der Waals surface area contributed by atoms with Crippen LogP contribution in [0.5, 0.6) is 0 Å². The van der Waals surface area contributed by atoms with Gasteiger partial charge in [-0.2, -0.15) is 8.78 Å². The molecule has 1 aromatic rings. The SMILES string of the molecule is Cc1cc(C(F)(F)C(N)=O)ccc1Br. The average Bonchev–Trinajstić information content (AvgIpc) is 2.09. The van der Waals surface area contributed by atoms with E-state index >= 15 is 0 Å². The van der Waals surface area contributed by atoms with Gasteiger partial charge in [-0.15, -0.1) is 0 Å². The summed E-state index contributed by atoms with van der Waals surface area (Å²) in [6, 6.07) is 3.86. The molecule has 14 heavy (non-hydrogen) atoms. The van der Waals surface area contributed by atoms with Gasteiger partial charge in [0.1, 0.15) is 0 Å². The molecule has 2 nitrogen and oxygen atoms in total. The minimum atomic E-state index is -3.61. The van der Waals surface area contributed by atoms with Crippen molar-refractivity contribution in [1.82, 2.24) is 0 Å². The zero-order valence-corrected chi connectivity index (χ0v) is 8.94. The Hall–Kier alpha value is -0.970. The van der Waals surface area contributed by atoms with Gasteiger partial charge in [0.15, 0.2) is 0 Å². The van der Waals surface area contributed by atoms with Crippen molar-refractivity contribution in [2.24, 2.45) is 5.73 Å². The standard InChI is InChI=1S/C9H8BrF2NO/c1-5-4-6(2-3-7(5)10)9(11,12)8(13)14/h2-4H,1H3,(H2,13,14). The molecule has 0 aliphatic rings. The first-order chi connectivity index (χ1) is 6.35. The molecule has 0 bridgehead atoms. The van der Waals surface area contributed by atoms with Crippen molar-refractivity contribution in [1.29, 1.82) is 0 Å².